The van der Waals surface area contributed by atoms with Gasteiger partial charge in [0.15, 0.2) is 5.79 Å². The zero-order valence-corrected chi connectivity index (χ0v) is 23.8. The number of H-pyrrole nitrogens is 1. The van der Waals surface area contributed by atoms with Crippen LogP contribution in [0.2, 0.25) is 0 Å². The number of fused-ring (bicyclic) bond motifs is 1. The van der Waals surface area contributed by atoms with E-state index in [2.05, 4.69) is 36.0 Å². The van der Waals surface area contributed by atoms with Crippen molar-refractivity contribution in [3.63, 3.8) is 0 Å². The van der Waals surface area contributed by atoms with E-state index in [1.165, 1.54) is 0 Å². The number of ether oxygens (including phenoxy) is 3. The molecule has 8 atom stereocenters. The highest BCUT2D eigenvalue weighted by Gasteiger charge is 2.79. The molecule has 8 unspecified atom stereocenters. The van der Waals surface area contributed by atoms with Crippen molar-refractivity contribution in [3.8, 4) is 0 Å². The maximum atomic E-state index is 13.3. The lowest BCUT2D eigenvalue weighted by Gasteiger charge is -2.73. The van der Waals surface area contributed by atoms with Crippen LogP contribution in [0.4, 0.5) is 0 Å². The monoisotopic (exact) mass is 538 g/mol. The Morgan fingerprint density at radius 2 is 2.05 bits per heavy atom. The molecular formula is C31H42N2O6. The minimum atomic E-state index is -1.22. The Kier molecular flexibility index (Phi) is 5.37. The standard InChI is InChI=1S/C31H42N2O6/c1-18-14-22(19(2)32-18)26(35)38-20(3)23-8-9-30-24-7-6-21-15-29(36)11-10-27(21,4)31(24,39-29)25(34)16-28(23,30)17-33(5)12-13-37-30/h7-8,14,20-21,25,32,34,36H,6,9-13,15-17H2,1-5H3. The van der Waals surface area contributed by atoms with Crippen LogP contribution in [0.1, 0.15) is 74.1 Å². The Morgan fingerprint density at radius 3 is 2.79 bits per heavy atom. The lowest BCUT2D eigenvalue weighted by Crippen LogP contribution is -2.79. The van der Waals surface area contributed by atoms with Gasteiger partial charge in [0.25, 0.3) is 0 Å². The Bertz CT molecular complexity index is 1300. The maximum absolute atomic E-state index is 13.3. The van der Waals surface area contributed by atoms with Gasteiger partial charge in [-0.25, -0.2) is 4.79 Å². The third-order valence-corrected chi connectivity index (χ3v) is 11.5. The van der Waals surface area contributed by atoms with E-state index >= 15 is 0 Å². The van der Waals surface area contributed by atoms with Crippen LogP contribution in [0.25, 0.3) is 0 Å². The van der Waals surface area contributed by atoms with Gasteiger partial charge in [0.1, 0.15) is 17.3 Å². The number of aliphatic hydroxyl groups excluding tert-OH is 1. The zero-order valence-electron chi connectivity index (χ0n) is 23.8. The molecule has 0 aromatic carbocycles. The lowest BCUT2D eigenvalue weighted by atomic mass is 9.41. The molecule has 8 rings (SSSR count). The summed E-state index contributed by atoms with van der Waals surface area (Å²) in [6, 6.07) is 1.83. The van der Waals surface area contributed by atoms with Gasteiger partial charge in [-0.1, -0.05) is 19.1 Å². The van der Waals surface area contributed by atoms with E-state index in [1.807, 2.05) is 26.8 Å². The van der Waals surface area contributed by atoms with Crippen LogP contribution in [0.15, 0.2) is 29.4 Å². The molecule has 0 radical (unpaired) electrons. The Morgan fingerprint density at radius 1 is 1.26 bits per heavy atom. The van der Waals surface area contributed by atoms with Gasteiger partial charge in [-0.3, -0.25) is 0 Å². The highest BCUT2D eigenvalue weighted by Crippen LogP contribution is 2.74. The van der Waals surface area contributed by atoms with Gasteiger partial charge in [0.05, 0.1) is 18.3 Å². The predicted molar refractivity (Wildman–Crippen MR) is 144 cm³/mol. The van der Waals surface area contributed by atoms with Crippen LogP contribution in [0.3, 0.4) is 0 Å². The van der Waals surface area contributed by atoms with Crippen LogP contribution in [0.5, 0.6) is 0 Å². The summed E-state index contributed by atoms with van der Waals surface area (Å²) in [5.41, 5.74) is 1.68. The van der Waals surface area contributed by atoms with Gasteiger partial charge in [0.2, 0.25) is 0 Å². The fraction of sp³-hybridized carbons (Fsp3) is 0.710. The van der Waals surface area contributed by atoms with Crippen molar-refractivity contribution >= 4 is 5.97 Å². The molecule has 4 bridgehead atoms. The summed E-state index contributed by atoms with van der Waals surface area (Å²) in [5.74, 6) is -1.31. The van der Waals surface area contributed by atoms with Gasteiger partial charge in [-0.15, -0.1) is 0 Å². The van der Waals surface area contributed by atoms with Crippen molar-refractivity contribution in [3.05, 3.63) is 46.3 Å². The summed E-state index contributed by atoms with van der Waals surface area (Å²) in [7, 11) is 2.10. The van der Waals surface area contributed by atoms with Crippen LogP contribution in [-0.2, 0) is 14.2 Å². The van der Waals surface area contributed by atoms with Gasteiger partial charge in [-0.05, 0) is 76.6 Å². The highest BCUT2D eigenvalue weighted by atomic mass is 16.7. The van der Waals surface area contributed by atoms with E-state index in [0.717, 1.165) is 41.9 Å². The molecule has 1 aromatic rings. The molecule has 3 aliphatic heterocycles. The minimum absolute atomic E-state index is 0.252. The van der Waals surface area contributed by atoms with Crippen molar-refractivity contribution in [2.24, 2.45) is 16.7 Å². The molecule has 4 heterocycles. The number of allylic oxidation sites excluding steroid dienone is 1. The van der Waals surface area contributed by atoms with Crippen molar-refractivity contribution in [2.75, 3.05) is 26.7 Å². The smallest absolute Gasteiger partial charge is 0.340 e. The molecule has 2 saturated carbocycles. The van der Waals surface area contributed by atoms with E-state index in [4.69, 9.17) is 14.2 Å². The second-order valence-corrected chi connectivity index (χ2v) is 13.6. The molecule has 3 N–H and O–H groups in total. The number of aromatic amines is 1. The molecule has 1 aromatic heterocycles. The first-order chi connectivity index (χ1) is 18.4. The summed E-state index contributed by atoms with van der Waals surface area (Å²) in [4.78, 5) is 18.7. The number of likely N-dealkylation sites (N-methyl/N-ethyl adjacent to an activating group) is 1. The van der Waals surface area contributed by atoms with E-state index < -0.39 is 34.6 Å². The first-order valence-electron chi connectivity index (χ1n) is 14.6. The van der Waals surface area contributed by atoms with Crippen molar-refractivity contribution in [2.45, 2.75) is 95.4 Å². The summed E-state index contributed by atoms with van der Waals surface area (Å²) < 4.78 is 19.9. The molecule has 212 valence electrons. The van der Waals surface area contributed by atoms with Crippen LogP contribution < -0.4 is 0 Å². The van der Waals surface area contributed by atoms with Gasteiger partial charge in [0, 0.05) is 48.1 Å². The summed E-state index contributed by atoms with van der Waals surface area (Å²) in [6.45, 7) is 10.0. The Balaban J connectivity index is 1.32. The molecule has 0 amide bonds. The van der Waals surface area contributed by atoms with Crippen molar-refractivity contribution < 1.29 is 29.2 Å². The Labute approximate surface area is 230 Å². The number of carbonyl (C=O) groups is 1. The average molecular weight is 539 g/mol. The second-order valence-electron chi connectivity index (χ2n) is 13.6. The number of aliphatic hydroxyl groups is 2. The highest BCUT2D eigenvalue weighted by molar-refractivity contribution is 5.91. The van der Waals surface area contributed by atoms with Crippen LogP contribution in [-0.4, -0.2) is 82.0 Å². The van der Waals surface area contributed by atoms with Gasteiger partial charge >= 0.3 is 5.97 Å². The fourth-order valence-corrected chi connectivity index (χ4v) is 9.83. The predicted octanol–water partition coefficient (Wildman–Crippen LogP) is 3.55. The molecule has 5 fully saturated rings. The SMILES string of the molecule is Cc1cc(C(=O)OC(C)C2=CCC34OCCN(C)CC23CC(O)C23OC5(O)CCC2(C)C(CC=C43)C5)c(C)[nH]1. The number of nitrogens with one attached hydrogen (secondary N) is 1. The number of hydrogen-bond donors (Lipinski definition) is 3. The van der Waals surface area contributed by atoms with E-state index in [1.54, 1.807) is 0 Å². The number of esters is 1. The van der Waals surface area contributed by atoms with E-state index in [9.17, 15) is 15.0 Å². The zero-order chi connectivity index (χ0) is 27.6. The maximum Gasteiger partial charge on any atom is 0.340 e. The molecular weight excluding hydrogens is 496 g/mol. The Hall–Kier alpha value is -1.97. The molecule has 8 heteroatoms. The van der Waals surface area contributed by atoms with E-state index in [0.29, 0.717) is 44.4 Å². The number of carbonyl (C=O) groups excluding carboxylic acids is 1. The number of aryl methyl sites for hydroxylation is 2. The van der Waals surface area contributed by atoms with Crippen molar-refractivity contribution in [1.29, 1.82) is 0 Å². The van der Waals surface area contributed by atoms with Crippen molar-refractivity contribution in [1.82, 2.24) is 9.88 Å². The third kappa shape index (κ3) is 3.10. The number of hydrogen-bond acceptors (Lipinski definition) is 7. The first-order valence-corrected chi connectivity index (χ1v) is 14.6. The number of aromatic nitrogens is 1. The molecule has 3 saturated heterocycles. The largest absolute Gasteiger partial charge is 0.454 e. The third-order valence-electron chi connectivity index (χ3n) is 11.5. The number of rotatable bonds is 3. The van der Waals surface area contributed by atoms with Gasteiger partial charge in [-0.2, -0.15) is 0 Å². The molecule has 1 spiro atoms. The molecule has 39 heavy (non-hydrogen) atoms. The minimum Gasteiger partial charge on any atom is -0.454 e. The lowest BCUT2D eigenvalue weighted by molar-refractivity contribution is -0.401. The van der Waals surface area contributed by atoms with Crippen LogP contribution >= 0.6 is 0 Å². The quantitative estimate of drug-likeness (QED) is 0.399. The normalized spacial score (nSPS) is 45.4. The summed E-state index contributed by atoms with van der Waals surface area (Å²) >= 11 is 0. The topological polar surface area (TPSA) is 104 Å². The molecule has 7 aliphatic rings. The summed E-state index contributed by atoms with van der Waals surface area (Å²) in [6.07, 6.45) is 7.06. The molecule has 8 nitrogen and oxygen atoms in total. The average Bonchev–Trinajstić information content (AvgIpc) is 3.31. The fourth-order valence-electron chi connectivity index (χ4n) is 9.83. The van der Waals surface area contributed by atoms with Gasteiger partial charge < -0.3 is 34.3 Å². The summed E-state index contributed by atoms with van der Waals surface area (Å²) in [5, 5.41) is 23.8. The first kappa shape index (κ1) is 26.0. The van der Waals surface area contributed by atoms with E-state index in [-0.39, 0.29) is 17.3 Å². The number of nitrogens with zero attached hydrogens (tertiary/aromatic N) is 1. The molecule has 4 aliphatic carbocycles. The second kappa shape index (κ2) is 8.07. The van der Waals surface area contributed by atoms with Crippen LogP contribution in [0, 0.1) is 30.6 Å².